The minimum Gasteiger partial charge on any atom is -0.344 e. The molecule has 4 nitrogen and oxygen atoms in total. The quantitative estimate of drug-likeness (QED) is 0.859. The smallest absolute Gasteiger partial charge is 0.344 e. The topological polar surface area (TPSA) is 32.3 Å². The summed E-state index contributed by atoms with van der Waals surface area (Å²) in [5, 5.41) is 10.1. The molecule has 0 amide bonds. The average molecular weight is 308 g/mol. The minimum absolute atomic E-state index is 0.142. The van der Waals surface area contributed by atoms with Gasteiger partial charge in [-0.05, 0) is 6.92 Å². The molecule has 8 heteroatoms. The van der Waals surface area contributed by atoms with Crippen molar-refractivity contribution in [3.05, 3.63) is 5.01 Å². The Kier molecular flexibility index (Phi) is 4.53. The fourth-order valence-corrected chi connectivity index (χ4v) is 3.10. The van der Waals surface area contributed by atoms with Crippen LogP contribution < -0.4 is 4.90 Å². The predicted octanol–water partition coefficient (Wildman–Crippen LogP) is 2.73. The summed E-state index contributed by atoms with van der Waals surface area (Å²) in [7, 11) is 0. The van der Waals surface area contributed by atoms with E-state index < -0.39 is 12.7 Å². The number of halogens is 3. The molecule has 1 atom stereocenters. The number of piperazine rings is 1. The molecule has 1 aliphatic rings. The van der Waals surface area contributed by atoms with Gasteiger partial charge in [0.15, 0.2) is 0 Å². The summed E-state index contributed by atoms with van der Waals surface area (Å²) in [5.41, 5.74) is 0. The third-order valence-electron chi connectivity index (χ3n) is 3.34. The van der Waals surface area contributed by atoms with Gasteiger partial charge in [0.05, 0.1) is 6.54 Å². The molecule has 0 bridgehead atoms. The van der Waals surface area contributed by atoms with E-state index in [0.29, 0.717) is 25.6 Å². The fourth-order valence-electron chi connectivity index (χ4n) is 2.22. The SMILES string of the molecule is CC(C)c1nnc(N2CCN(CC(F)(F)F)C(C)C2)s1. The third-order valence-corrected chi connectivity index (χ3v) is 4.63. The molecule has 1 unspecified atom stereocenters. The Bertz CT molecular complexity index is 446. The van der Waals surface area contributed by atoms with E-state index in [4.69, 9.17) is 0 Å². The predicted molar refractivity (Wildman–Crippen MR) is 73.3 cm³/mol. The first kappa shape index (κ1) is 15.5. The van der Waals surface area contributed by atoms with Crippen molar-refractivity contribution < 1.29 is 13.2 Å². The Morgan fingerprint density at radius 1 is 1.30 bits per heavy atom. The van der Waals surface area contributed by atoms with Crippen LogP contribution in [0.2, 0.25) is 0 Å². The zero-order valence-corrected chi connectivity index (χ0v) is 12.6. The van der Waals surface area contributed by atoms with E-state index in [0.717, 1.165) is 10.1 Å². The van der Waals surface area contributed by atoms with E-state index in [9.17, 15) is 13.2 Å². The van der Waals surface area contributed by atoms with Gasteiger partial charge in [0.2, 0.25) is 5.13 Å². The summed E-state index contributed by atoms with van der Waals surface area (Å²) in [4.78, 5) is 3.50. The number of rotatable bonds is 3. The van der Waals surface area contributed by atoms with Crippen molar-refractivity contribution in [1.29, 1.82) is 0 Å². The highest BCUT2D eigenvalue weighted by Gasteiger charge is 2.35. The van der Waals surface area contributed by atoms with Crippen LogP contribution in [-0.2, 0) is 0 Å². The molecule has 1 aromatic heterocycles. The van der Waals surface area contributed by atoms with Gasteiger partial charge in [-0.2, -0.15) is 13.2 Å². The Balaban J connectivity index is 1.97. The van der Waals surface area contributed by atoms with Gasteiger partial charge in [-0.3, -0.25) is 4.90 Å². The van der Waals surface area contributed by atoms with Crippen LogP contribution in [0.15, 0.2) is 0 Å². The van der Waals surface area contributed by atoms with E-state index in [-0.39, 0.29) is 6.04 Å². The molecular weight excluding hydrogens is 289 g/mol. The molecule has 1 saturated heterocycles. The maximum atomic E-state index is 12.5. The molecule has 2 rings (SSSR count). The molecule has 114 valence electrons. The van der Waals surface area contributed by atoms with Crippen molar-refractivity contribution in [2.24, 2.45) is 0 Å². The van der Waals surface area contributed by atoms with E-state index in [1.807, 2.05) is 25.7 Å². The van der Waals surface area contributed by atoms with Crippen LogP contribution >= 0.6 is 11.3 Å². The van der Waals surface area contributed by atoms with E-state index >= 15 is 0 Å². The molecule has 1 aliphatic heterocycles. The highest BCUT2D eigenvalue weighted by Crippen LogP contribution is 2.28. The zero-order valence-electron chi connectivity index (χ0n) is 11.8. The lowest BCUT2D eigenvalue weighted by Crippen LogP contribution is -2.54. The van der Waals surface area contributed by atoms with Crippen molar-refractivity contribution >= 4 is 16.5 Å². The van der Waals surface area contributed by atoms with E-state index in [1.165, 1.54) is 16.2 Å². The molecule has 20 heavy (non-hydrogen) atoms. The van der Waals surface area contributed by atoms with Gasteiger partial charge in [-0.1, -0.05) is 25.2 Å². The fraction of sp³-hybridized carbons (Fsp3) is 0.833. The lowest BCUT2D eigenvalue weighted by Gasteiger charge is -2.39. The van der Waals surface area contributed by atoms with Crippen molar-refractivity contribution in [2.45, 2.75) is 38.9 Å². The Hall–Kier alpha value is -0.890. The molecule has 0 radical (unpaired) electrons. The summed E-state index contributed by atoms with van der Waals surface area (Å²) >= 11 is 1.53. The highest BCUT2D eigenvalue weighted by atomic mass is 32.1. The molecular formula is C12H19F3N4S. The first-order valence-electron chi connectivity index (χ1n) is 6.65. The summed E-state index contributed by atoms with van der Waals surface area (Å²) in [6.07, 6.45) is -4.13. The van der Waals surface area contributed by atoms with Gasteiger partial charge in [-0.15, -0.1) is 10.2 Å². The lowest BCUT2D eigenvalue weighted by molar-refractivity contribution is -0.150. The summed E-state index contributed by atoms with van der Waals surface area (Å²) in [6, 6.07) is -0.142. The first-order valence-corrected chi connectivity index (χ1v) is 7.47. The van der Waals surface area contributed by atoms with Crippen molar-refractivity contribution in [1.82, 2.24) is 15.1 Å². The maximum absolute atomic E-state index is 12.5. The highest BCUT2D eigenvalue weighted by molar-refractivity contribution is 7.15. The van der Waals surface area contributed by atoms with Crippen LogP contribution in [0.4, 0.5) is 18.3 Å². The van der Waals surface area contributed by atoms with Gasteiger partial charge < -0.3 is 4.90 Å². The molecule has 1 fully saturated rings. The molecule has 0 spiro atoms. The van der Waals surface area contributed by atoms with Gasteiger partial charge in [0, 0.05) is 31.6 Å². The summed E-state index contributed by atoms with van der Waals surface area (Å²) in [5.74, 6) is 0.324. The molecule has 2 heterocycles. The first-order chi connectivity index (χ1) is 9.26. The van der Waals surface area contributed by atoms with Crippen LogP contribution in [-0.4, -0.2) is 53.5 Å². The van der Waals surface area contributed by atoms with Crippen LogP contribution in [0.5, 0.6) is 0 Å². The Morgan fingerprint density at radius 2 is 2.00 bits per heavy atom. The number of alkyl halides is 3. The Labute approximate surface area is 120 Å². The monoisotopic (exact) mass is 308 g/mol. The zero-order chi connectivity index (χ0) is 14.9. The number of nitrogens with zero attached hydrogens (tertiary/aromatic N) is 4. The minimum atomic E-state index is -4.13. The van der Waals surface area contributed by atoms with Crippen LogP contribution in [0, 0.1) is 0 Å². The van der Waals surface area contributed by atoms with Crippen molar-refractivity contribution in [2.75, 3.05) is 31.1 Å². The Morgan fingerprint density at radius 3 is 2.50 bits per heavy atom. The van der Waals surface area contributed by atoms with Gasteiger partial charge in [0.25, 0.3) is 0 Å². The second kappa shape index (κ2) is 5.85. The normalized spacial score (nSPS) is 21.8. The number of aromatic nitrogens is 2. The van der Waals surface area contributed by atoms with E-state index in [2.05, 4.69) is 10.2 Å². The van der Waals surface area contributed by atoms with Gasteiger partial charge in [0.1, 0.15) is 5.01 Å². The average Bonchev–Trinajstić information content (AvgIpc) is 2.79. The van der Waals surface area contributed by atoms with Crippen LogP contribution in [0.3, 0.4) is 0 Å². The van der Waals surface area contributed by atoms with Gasteiger partial charge in [-0.25, -0.2) is 0 Å². The molecule has 0 aliphatic carbocycles. The number of hydrogen-bond donors (Lipinski definition) is 0. The lowest BCUT2D eigenvalue weighted by atomic mass is 10.2. The summed E-state index contributed by atoms with van der Waals surface area (Å²) in [6.45, 7) is 6.60. The van der Waals surface area contributed by atoms with Gasteiger partial charge >= 0.3 is 6.18 Å². The van der Waals surface area contributed by atoms with Crippen LogP contribution in [0.1, 0.15) is 31.7 Å². The second-order valence-electron chi connectivity index (χ2n) is 5.46. The molecule has 0 aromatic carbocycles. The summed E-state index contributed by atoms with van der Waals surface area (Å²) < 4.78 is 37.4. The second-order valence-corrected chi connectivity index (χ2v) is 6.45. The number of anilines is 1. The molecule has 1 aromatic rings. The van der Waals surface area contributed by atoms with Crippen molar-refractivity contribution in [3.63, 3.8) is 0 Å². The molecule has 0 N–H and O–H groups in total. The van der Waals surface area contributed by atoms with E-state index in [1.54, 1.807) is 0 Å². The van der Waals surface area contributed by atoms with Crippen LogP contribution in [0.25, 0.3) is 0 Å². The standard InChI is InChI=1S/C12H19F3N4S/c1-8(2)10-16-17-11(20-10)18-4-5-19(9(3)6-18)7-12(13,14)15/h8-9H,4-7H2,1-3H3. The van der Waals surface area contributed by atoms with Crippen molar-refractivity contribution in [3.8, 4) is 0 Å². The largest absolute Gasteiger partial charge is 0.401 e. The number of hydrogen-bond acceptors (Lipinski definition) is 5. The third kappa shape index (κ3) is 3.82. The maximum Gasteiger partial charge on any atom is 0.401 e. The molecule has 0 saturated carbocycles.